The van der Waals surface area contributed by atoms with Gasteiger partial charge in [0.05, 0.1) is 11.1 Å². The van der Waals surface area contributed by atoms with Gasteiger partial charge in [-0.15, -0.1) is 11.3 Å². The molecular formula is C20H13F2N3O2S. The van der Waals surface area contributed by atoms with E-state index in [-0.39, 0.29) is 24.0 Å². The van der Waals surface area contributed by atoms with Gasteiger partial charge in [0.2, 0.25) is 5.88 Å². The van der Waals surface area contributed by atoms with E-state index < -0.39 is 11.7 Å². The van der Waals surface area contributed by atoms with Crippen molar-refractivity contribution in [2.24, 2.45) is 0 Å². The summed E-state index contributed by atoms with van der Waals surface area (Å²) in [6.45, 7) is -0.348. The van der Waals surface area contributed by atoms with Gasteiger partial charge >= 0.3 is 0 Å². The summed E-state index contributed by atoms with van der Waals surface area (Å²) in [6.07, 6.45) is 1.34. The van der Waals surface area contributed by atoms with E-state index in [1.165, 1.54) is 48.0 Å². The molecule has 28 heavy (non-hydrogen) atoms. The first kappa shape index (κ1) is 18.0. The lowest BCUT2D eigenvalue weighted by Crippen LogP contribution is -2.21. The number of nitrogens with one attached hydrogen (secondary N) is 1. The molecule has 0 saturated carbocycles. The molecule has 1 amide bonds. The van der Waals surface area contributed by atoms with Crippen LogP contribution in [0.3, 0.4) is 0 Å². The van der Waals surface area contributed by atoms with Crippen molar-refractivity contribution in [1.29, 1.82) is 0 Å². The van der Waals surface area contributed by atoms with Crippen molar-refractivity contribution in [3.8, 4) is 17.0 Å². The van der Waals surface area contributed by atoms with Crippen molar-refractivity contribution in [2.75, 3.05) is 11.9 Å². The SMILES string of the molecule is O=C(COc1ncnc2scc(-c3ccc(F)cc3)c12)Nc1ccccc1F. The van der Waals surface area contributed by atoms with E-state index in [0.29, 0.717) is 10.2 Å². The molecule has 0 aliphatic carbocycles. The largest absolute Gasteiger partial charge is 0.467 e. The smallest absolute Gasteiger partial charge is 0.262 e. The molecular weight excluding hydrogens is 384 g/mol. The first-order valence-electron chi connectivity index (χ1n) is 8.27. The summed E-state index contributed by atoms with van der Waals surface area (Å²) in [7, 11) is 0. The Morgan fingerprint density at radius 2 is 1.86 bits per heavy atom. The van der Waals surface area contributed by atoms with Gasteiger partial charge in [0, 0.05) is 10.9 Å². The summed E-state index contributed by atoms with van der Waals surface area (Å²) in [5.41, 5.74) is 1.64. The standard InChI is InChI=1S/C20H13F2N3O2S/c21-13-7-5-12(6-8-13)14-10-28-20-18(14)19(23-11-24-20)27-9-17(26)25-16-4-2-1-3-15(16)22/h1-8,10-11H,9H2,(H,25,26). The van der Waals surface area contributed by atoms with Crippen molar-refractivity contribution in [3.63, 3.8) is 0 Å². The van der Waals surface area contributed by atoms with Crippen LogP contribution in [0.1, 0.15) is 0 Å². The Morgan fingerprint density at radius 1 is 1.07 bits per heavy atom. The number of carbonyl (C=O) groups excluding carboxylic acids is 1. The van der Waals surface area contributed by atoms with Gasteiger partial charge in [0.25, 0.3) is 5.91 Å². The van der Waals surface area contributed by atoms with Gasteiger partial charge in [-0.2, -0.15) is 0 Å². The highest BCUT2D eigenvalue weighted by Gasteiger charge is 2.16. The van der Waals surface area contributed by atoms with E-state index >= 15 is 0 Å². The molecule has 4 aromatic rings. The number of aromatic nitrogens is 2. The normalized spacial score (nSPS) is 10.8. The molecule has 0 saturated heterocycles. The third-order valence-corrected chi connectivity index (χ3v) is 4.86. The van der Waals surface area contributed by atoms with E-state index in [0.717, 1.165) is 11.1 Å². The number of ether oxygens (including phenoxy) is 1. The molecule has 4 rings (SSSR count). The zero-order valence-corrected chi connectivity index (χ0v) is 15.2. The average Bonchev–Trinajstić information content (AvgIpc) is 3.13. The summed E-state index contributed by atoms with van der Waals surface area (Å²) in [6, 6.07) is 11.9. The molecule has 0 fully saturated rings. The van der Waals surface area contributed by atoms with E-state index in [9.17, 15) is 13.6 Å². The summed E-state index contributed by atoms with van der Waals surface area (Å²) >= 11 is 1.39. The molecule has 2 aromatic heterocycles. The summed E-state index contributed by atoms with van der Waals surface area (Å²) in [5, 5.41) is 4.96. The fourth-order valence-corrected chi connectivity index (χ4v) is 3.59. The second-order valence-corrected chi connectivity index (χ2v) is 6.69. The zero-order valence-electron chi connectivity index (χ0n) is 14.4. The topological polar surface area (TPSA) is 64.1 Å². The minimum atomic E-state index is -0.531. The van der Waals surface area contributed by atoms with Gasteiger partial charge in [-0.3, -0.25) is 4.79 Å². The lowest BCUT2D eigenvalue weighted by atomic mass is 10.1. The van der Waals surface area contributed by atoms with Crippen LogP contribution < -0.4 is 10.1 Å². The van der Waals surface area contributed by atoms with Crippen LogP contribution in [0.15, 0.2) is 60.2 Å². The molecule has 0 aliphatic rings. The minimum Gasteiger partial charge on any atom is -0.467 e. The fourth-order valence-electron chi connectivity index (χ4n) is 2.68. The van der Waals surface area contributed by atoms with Gasteiger partial charge in [-0.25, -0.2) is 18.7 Å². The molecule has 0 aliphatic heterocycles. The number of carbonyl (C=O) groups is 1. The Balaban J connectivity index is 1.57. The maximum absolute atomic E-state index is 13.6. The highest BCUT2D eigenvalue weighted by Crippen LogP contribution is 2.37. The molecule has 0 radical (unpaired) electrons. The molecule has 5 nitrogen and oxygen atoms in total. The van der Waals surface area contributed by atoms with Crippen molar-refractivity contribution in [2.45, 2.75) is 0 Å². The van der Waals surface area contributed by atoms with E-state index in [1.807, 2.05) is 5.38 Å². The molecule has 2 heterocycles. The summed E-state index contributed by atoms with van der Waals surface area (Å²) in [4.78, 5) is 21.1. The van der Waals surface area contributed by atoms with Crippen LogP contribution in [0.4, 0.5) is 14.5 Å². The van der Waals surface area contributed by atoms with Crippen LogP contribution in [0.5, 0.6) is 5.88 Å². The minimum absolute atomic E-state index is 0.0754. The number of amides is 1. The number of thiophene rings is 1. The van der Waals surface area contributed by atoms with Crippen LogP contribution >= 0.6 is 11.3 Å². The van der Waals surface area contributed by atoms with Crippen LogP contribution in [0.2, 0.25) is 0 Å². The molecule has 8 heteroatoms. The molecule has 0 atom stereocenters. The predicted octanol–water partition coefficient (Wildman–Crippen LogP) is 4.65. The summed E-state index contributed by atoms with van der Waals surface area (Å²) < 4.78 is 32.5. The van der Waals surface area contributed by atoms with Gasteiger partial charge in [-0.05, 0) is 29.8 Å². The number of hydrogen-bond acceptors (Lipinski definition) is 5. The Morgan fingerprint density at radius 3 is 2.64 bits per heavy atom. The van der Waals surface area contributed by atoms with Gasteiger partial charge in [0.1, 0.15) is 22.8 Å². The van der Waals surface area contributed by atoms with Crippen molar-refractivity contribution in [3.05, 3.63) is 71.9 Å². The quantitative estimate of drug-likeness (QED) is 0.532. The van der Waals surface area contributed by atoms with Gasteiger partial charge < -0.3 is 10.1 Å². The molecule has 2 aromatic carbocycles. The summed E-state index contributed by atoms with van der Waals surface area (Å²) in [5.74, 6) is -1.15. The second-order valence-electron chi connectivity index (χ2n) is 5.83. The first-order valence-corrected chi connectivity index (χ1v) is 9.15. The number of fused-ring (bicyclic) bond motifs is 1. The first-order chi connectivity index (χ1) is 13.6. The number of hydrogen-bond donors (Lipinski definition) is 1. The Kier molecular flexibility index (Phi) is 4.94. The second kappa shape index (κ2) is 7.69. The van der Waals surface area contributed by atoms with Crippen molar-refractivity contribution < 1.29 is 18.3 Å². The Labute approximate surface area is 162 Å². The predicted molar refractivity (Wildman–Crippen MR) is 103 cm³/mol. The number of anilines is 1. The van der Waals surface area contributed by atoms with Crippen LogP contribution in [-0.2, 0) is 4.79 Å². The lowest BCUT2D eigenvalue weighted by Gasteiger charge is -2.09. The Bertz CT molecular complexity index is 1150. The highest BCUT2D eigenvalue weighted by atomic mass is 32.1. The number of para-hydroxylation sites is 1. The third kappa shape index (κ3) is 3.67. The molecule has 140 valence electrons. The van der Waals surface area contributed by atoms with Crippen LogP contribution in [0.25, 0.3) is 21.3 Å². The molecule has 0 bridgehead atoms. The van der Waals surface area contributed by atoms with Gasteiger partial charge in [-0.1, -0.05) is 24.3 Å². The van der Waals surface area contributed by atoms with Crippen molar-refractivity contribution in [1.82, 2.24) is 9.97 Å². The molecule has 0 unspecified atom stereocenters. The van der Waals surface area contributed by atoms with Crippen molar-refractivity contribution >= 4 is 33.1 Å². The monoisotopic (exact) mass is 397 g/mol. The maximum Gasteiger partial charge on any atom is 0.262 e. The van der Waals surface area contributed by atoms with E-state index in [1.54, 1.807) is 18.2 Å². The van der Waals surface area contributed by atoms with Crippen LogP contribution in [-0.4, -0.2) is 22.5 Å². The number of rotatable bonds is 5. The fraction of sp³-hybridized carbons (Fsp3) is 0.0500. The average molecular weight is 397 g/mol. The Hall–Kier alpha value is -3.39. The third-order valence-electron chi connectivity index (χ3n) is 3.98. The van der Waals surface area contributed by atoms with E-state index in [4.69, 9.17) is 4.74 Å². The van der Waals surface area contributed by atoms with E-state index in [2.05, 4.69) is 15.3 Å². The highest BCUT2D eigenvalue weighted by molar-refractivity contribution is 7.17. The zero-order chi connectivity index (χ0) is 19.5. The number of nitrogens with zero attached hydrogens (tertiary/aromatic N) is 2. The molecule has 0 spiro atoms. The van der Waals surface area contributed by atoms with Crippen LogP contribution in [0, 0.1) is 11.6 Å². The molecule has 1 N–H and O–H groups in total. The maximum atomic E-state index is 13.6. The lowest BCUT2D eigenvalue weighted by molar-refractivity contribution is -0.118. The number of halogens is 2. The van der Waals surface area contributed by atoms with Gasteiger partial charge in [0.15, 0.2) is 6.61 Å². The number of benzene rings is 2.